The molecule has 0 fully saturated rings. The van der Waals surface area contributed by atoms with Crippen molar-refractivity contribution in [3.63, 3.8) is 0 Å². The molecule has 0 N–H and O–H groups in total. The standard InChI is InChI=1S/C18H20ClNO2/c1-13(15-8-10-17(19)11-9-15)20(2)18(21)16-6-4-14(5-7-16)12-22-3/h4-11,13H,12H2,1-3H3. The number of hydrogen-bond acceptors (Lipinski definition) is 2. The van der Waals surface area contributed by atoms with Crippen LogP contribution in [0, 0.1) is 0 Å². The summed E-state index contributed by atoms with van der Waals surface area (Å²) < 4.78 is 5.08. The molecule has 0 saturated heterocycles. The minimum atomic E-state index is -0.0246. The van der Waals surface area contributed by atoms with Crippen LogP contribution in [0.5, 0.6) is 0 Å². The summed E-state index contributed by atoms with van der Waals surface area (Å²) in [7, 11) is 3.46. The maximum absolute atomic E-state index is 12.6. The van der Waals surface area contributed by atoms with Crippen molar-refractivity contribution in [2.45, 2.75) is 19.6 Å². The van der Waals surface area contributed by atoms with Crippen LogP contribution in [0.3, 0.4) is 0 Å². The summed E-state index contributed by atoms with van der Waals surface area (Å²) in [5.74, 6) is -0.00795. The fourth-order valence-corrected chi connectivity index (χ4v) is 2.38. The largest absolute Gasteiger partial charge is 0.380 e. The molecule has 0 aliphatic carbocycles. The fourth-order valence-electron chi connectivity index (χ4n) is 2.25. The normalized spacial score (nSPS) is 12.0. The summed E-state index contributed by atoms with van der Waals surface area (Å²) in [6.07, 6.45) is 0. The number of ether oxygens (including phenoxy) is 1. The van der Waals surface area contributed by atoms with E-state index in [-0.39, 0.29) is 11.9 Å². The Labute approximate surface area is 136 Å². The molecule has 2 aromatic carbocycles. The first-order valence-electron chi connectivity index (χ1n) is 7.13. The van der Waals surface area contributed by atoms with E-state index in [1.54, 1.807) is 12.0 Å². The second-order valence-corrected chi connectivity index (χ2v) is 5.71. The lowest BCUT2D eigenvalue weighted by Gasteiger charge is -2.25. The number of nitrogens with zero attached hydrogens (tertiary/aromatic N) is 1. The summed E-state index contributed by atoms with van der Waals surface area (Å²) in [5.41, 5.74) is 2.77. The van der Waals surface area contributed by atoms with Crippen LogP contribution in [0.25, 0.3) is 0 Å². The highest BCUT2D eigenvalue weighted by atomic mass is 35.5. The van der Waals surface area contributed by atoms with E-state index in [0.717, 1.165) is 11.1 Å². The molecule has 0 aromatic heterocycles. The van der Waals surface area contributed by atoms with E-state index in [0.29, 0.717) is 17.2 Å². The highest BCUT2D eigenvalue weighted by molar-refractivity contribution is 6.30. The van der Waals surface area contributed by atoms with Gasteiger partial charge in [0.2, 0.25) is 0 Å². The Hall–Kier alpha value is -1.84. The predicted octanol–water partition coefficient (Wildman–Crippen LogP) is 4.32. The molecular formula is C18H20ClNO2. The van der Waals surface area contributed by atoms with Gasteiger partial charge in [0.25, 0.3) is 5.91 Å². The summed E-state index contributed by atoms with van der Waals surface area (Å²) in [6, 6.07) is 15.0. The number of carbonyl (C=O) groups is 1. The molecule has 1 atom stereocenters. The van der Waals surface area contributed by atoms with E-state index in [4.69, 9.17) is 16.3 Å². The van der Waals surface area contributed by atoms with Crippen molar-refractivity contribution in [2.75, 3.05) is 14.2 Å². The van der Waals surface area contributed by atoms with Crippen molar-refractivity contribution in [1.29, 1.82) is 0 Å². The second-order valence-electron chi connectivity index (χ2n) is 5.27. The topological polar surface area (TPSA) is 29.5 Å². The Balaban J connectivity index is 2.12. The van der Waals surface area contributed by atoms with Crippen molar-refractivity contribution >= 4 is 17.5 Å². The van der Waals surface area contributed by atoms with Crippen molar-refractivity contribution in [1.82, 2.24) is 4.90 Å². The van der Waals surface area contributed by atoms with E-state index in [9.17, 15) is 4.79 Å². The van der Waals surface area contributed by atoms with Gasteiger partial charge in [0.15, 0.2) is 0 Å². The van der Waals surface area contributed by atoms with Gasteiger partial charge in [-0.3, -0.25) is 4.79 Å². The molecule has 2 rings (SSSR count). The van der Waals surface area contributed by atoms with E-state index in [1.165, 1.54) is 0 Å². The molecule has 0 heterocycles. The molecule has 0 aliphatic rings. The first kappa shape index (κ1) is 16.5. The number of rotatable bonds is 5. The van der Waals surface area contributed by atoms with Crippen molar-refractivity contribution in [3.8, 4) is 0 Å². The molecule has 22 heavy (non-hydrogen) atoms. The lowest BCUT2D eigenvalue weighted by atomic mass is 10.1. The Morgan fingerprint density at radius 3 is 2.27 bits per heavy atom. The number of benzene rings is 2. The van der Waals surface area contributed by atoms with E-state index in [2.05, 4.69) is 0 Å². The summed E-state index contributed by atoms with van der Waals surface area (Å²) in [6.45, 7) is 2.55. The molecule has 1 unspecified atom stereocenters. The Morgan fingerprint density at radius 2 is 1.73 bits per heavy atom. The highest BCUT2D eigenvalue weighted by Gasteiger charge is 2.18. The average Bonchev–Trinajstić information content (AvgIpc) is 2.54. The van der Waals surface area contributed by atoms with Gasteiger partial charge in [0.05, 0.1) is 12.6 Å². The predicted molar refractivity (Wildman–Crippen MR) is 89.1 cm³/mol. The smallest absolute Gasteiger partial charge is 0.254 e. The lowest BCUT2D eigenvalue weighted by molar-refractivity contribution is 0.0742. The number of amides is 1. The van der Waals surface area contributed by atoms with Crippen LogP contribution in [-0.4, -0.2) is 25.0 Å². The van der Waals surface area contributed by atoms with Crippen molar-refractivity contribution in [2.24, 2.45) is 0 Å². The zero-order valence-corrected chi connectivity index (χ0v) is 13.8. The molecule has 0 saturated carbocycles. The second kappa shape index (κ2) is 7.43. The number of halogens is 1. The number of carbonyl (C=O) groups excluding carboxylic acids is 1. The van der Waals surface area contributed by atoms with Crippen LogP contribution in [0.15, 0.2) is 48.5 Å². The molecule has 0 radical (unpaired) electrons. The maximum atomic E-state index is 12.6. The van der Waals surface area contributed by atoms with Gasteiger partial charge in [-0.2, -0.15) is 0 Å². The van der Waals surface area contributed by atoms with Crippen LogP contribution in [0.4, 0.5) is 0 Å². The zero-order valence-electron chi connectivity index (χ0n) is 13.0. The zero-order chi connectivity index (χ0) is 16.1. The van der Waals surface area contributed by atoms with Crippen molar-refractivity contribution < 1.29 is 9.53 Å². The van der Waals surface area contributed by atoms with Gasteiger partial charge in [0, 0.05) is 24.7 Å². The van der Waals surface area contributed by atoms with Gasteiger partial charge in [-0.05, 0) is 42.3 Å². The lowest BCUT2D eigenvalue weighted by Crippen LogP contribution is -2.29. The molecule has 2 aromatic rings. The van der Waals surface area contributed by atoms with Gasteiger partial charge in [-0.25, -0.2) is 0 Å². The van der Waals surface area contributed by atoms with E-state index in [1.807, 2.05) is 62.5 Å². The summed E-state index contributed by atoms with van der Waals surface area (Å²) in [5, 5.41) is 0.693. The molecule has 0 aliphatic heterocycles. The Morgan fingerprint density at radius 1 is 1.14 bits per heavy atom. The minimum Gasteiger partial charge on any atom is -0.380 e. The van der Waals surface area contributed by atoms with Crippen LogP contribution in [0.2, 0.25) is 5.02 Å². The minimum absolute atomic E-state index is 0.00795. The molecule has 1 amide bonds. The first-order chi connectivity index (χ1) is 10.5. The third-order valence-corrected chi connectivity index (χ3v) is 4.02. The first-order valence-corrected chi connectivity index (χ1v) is 7.51. The van der Waals surface area contributed by atoms with Gasteiger partial charge < -0.3 is 9.64 Å². The monoisotopic (exact) mass is 317 g/mol. The van der Waals surface area contributed by atoms with Crippen LogP contribution in [0.1, 0.15) is 34.5 Å². The molecule has 3 nitrogen and oxygen atoms in total. The quantitative estimate of drug-likeness (QED) is 0.822. The maximum Gasteiger partial charge on any atom is 0.254 e. The van der Waals surface area contributed by atoms with E-state index < -0.39 is 0 Å². The van der Waals surface area contributed by atoms with Gasteiger partial charge in [-0.1, -0.05) is 35.9 Å². The summed E-state index contributed by atoms with van der Waals surface area (Å²) in [4.78, 5) is 14.3. The third kappa shape index (κ3) is 3.87. The third-order valence-electron chi connectivity index (χ3n) is 3.77. The Bertz CT molecular complexity index is 623. The van der Waals surface area contributed by atoms with Crippen molar-refractivity contribution in [3.05, 3.63) is 70.2 Å². The van der Waals surface area contributed by atoms with E-state index >= 15 is 0 Å². The molecule has 116 valence electrons. The number of hydrogen-bond donors (Lipinski definition) is 0. The molecule has 0 spiro atoms. The van der Waals surface area contributed by atoms with Gasteiger partial charge >= 0.3 is 0 Å². The molecule has 4 heteroatoms. The van der Waals surface area contributed by atoms with Crippen LogP contribution >= 0.6 is 11.6 Å². The number of methoxy groups -OCH3 is 1. The van der Waals surface area contributed by atoms with Crippen LogP contribution < -0.4 is 0 Å². The fraction of sp³-hybridized carbons (Fsp3) is 0.278. The molecular weight excluding hydrogens is 298 g/mol. The van der Waals surface area contributed by atoms with Crippen LogP contribution in [-0.2, 0) is 11.3 Å². The molecule has 0 bridgehead atoms. The average molecular weight is 318 g/mol. The Kier molecular flexibility index (Phi) is 5.58. The summed E-state index contributed by atoms with van der Waals surface area (Å²) >= 11 is 5.90. The van der Waals surface area contributed by atoms with Gasteiger partial charge in [0.1, 0.15) is 0 Å². The van der Waals surface area contributed by atoms with Gasteiger partial charge in [-0.15, -0.1) is 0 Å². The SMILES string of the molecule is COCc1ccc(C(=O)N(C)C(C)c2ccc(Cl)cc2)cc1. The highest BCUT2D eigenvalue weighted by Crippen LogP contribution is 2.22.